The molecule has 1 fully saturated rings. The molecule has 1 saturated heterocycles. The highest BCUT2D eigenvalue weighted by Crippen LogP contribution is 2.16. The molecule has 0 radical (unpaired) electrons. The van der Waals surface area contributed by atoms with Crippen LogP contribution < -0.4 is 5.73 Å². The van der Waals surface area contributed by atoms with Gasteiger partial charge in [0.15, 0.2) is 0 Å². The summed E-state index contributed by atoms with van der Waals surface area (Å²) in [5.74, 6) is 0. The van der Waals surface area contributed by atoms with Gasteiger partial charge >= 0.3 is 0 Å². The maximum atomic E-state index is 6.13. The van der Waals surface area contributed by atoms with Gasteiger partial charge in [0.1, 0.15) is 0 Å². The van der Waals surface area contributed by atoms with Crippen LogP contribution in [-0.2, 0) is 11.2 Å². The van der Waals surface area contributed by atoms with Crippen molar-refractivity contribution in [2.45, 2.75) is 37.8 Å². The van der Waals surface area contributed by atoms with Crippen molar-refractivity contribution in [2.75, 3.05) is 6.61 Å². The van der Waals surface area contributed by atoms with Crippen LogP contribution in [0.3, 0.4) is 0 Å². The fourth-order valence-electron chi connectivity index (χ4n) is 2.03. The van der Waals surface area contributed by atoms with E-state index in [-0.39, 0.29) is 12.1 Å². The Labute approximate surface area is 90.7 Å². The summed E-state index contributed by atoms with van der Waals surface area (Å²) in [4.78, 5) is 4.09. The zero-order chi connectivity index (χ0) is 10.5. The van der Waals surface area contributed by atoms with Gasteiger partial charge in [-0.1, -0.05) is 6.07 Å². The third-order valence-electron chi connectivity index (χ3n) is 2.89. The zero-order valence-corrected chi connectivity index (χ0v) is 8.93. The van der Waals surface area contributed by atoms with Gasteiger partial charge in [-0.25, -0.2) is 0 Å². The zero-order valence-electron chi connectivity index (χ0n) is 8.93. The molecule has 1 aromatic rings. The van der Waals surface area contributed by atoms with Crippen LogP contribution in [0.2, 0.25) is 0 Å². The van der Waals surface area contributed by atoms with Crippen molar-refractivity contribution in [3.63, 3.8) is 0 Å². The molecule has 0 spiro atoms. The minimum Gasteiger partial charge on any atom is -0.377 e. The highest BCUT2D eigenvalue weighted by molar-refractivity contribution is 5.10. The third-order valence-corrected chi connectivity index (χ3v) is 2.89. The molecule has 0 bridgehead atoms. The highest BCUT2D eigenvalue weighted by atomic mass is 16.5. The van der Waals surface area contributed by atoms with Crippen molar-refractivity contribution in [2.24, 2.45) is 5.73 Å². The summed E-state index contributed by atoms with van der Waals surface area (Å²) in [6, 6.07) is 4.12. The Hall–Kier alpha value is -0.930. The molecule has 2 unspecified atom stereocenters. The van der Waals surface area contributed by atoms with E-state index in [0.717, 1.165) is 19.4 Å². The quantitative estimate of drug-likeness (QED) is 0.815. The van der Waals surface area contributed by atoms with Gasteiger partial charge < -0.3 is 10.5 Å². The molecule has 2 atom stereocenters. The van der Waals surface area contributed by atoms with Gasteiger partial charge in [0, 0.05) is 25.0 Å². The molecule has 2 rings (SSSR count). The van der Waals surface area contributed by atoms with E-state index < -0.39 is 0 Å². The predicted octanol–water partition coefficient (Wildman–Crippen LogP) is 1.52. The standard InChI is InChI=1S/C12H18N2O/c13-11(12-5-1-2-7-15-12)8-10-4-3-6-14-9-10/h3-4,6,9,11-12H,1-2,5,7-8,13H2. The van der Waals surface area contributed by atoms with Crippen LogP contribution in [0.4, 0.5) is 0 Å². The second kappa shape index (κ2) is 5.24. The summed E-state index contributed by atoms with van der Waals surface area (Å²) < 4.78 is 5.67. The minimum absolute atomic E-state index is 0.106. The second-order valence-electron chi connectivity index (χ2n) is 4.13. The van der Waals surface area contributed by atoms with Crippen molar-refractivity contribution in [1.29, 1.82) is 0 Å². The van der Waals surface area contributed by atoms with Gasteiger partial charge in [-0.05, 0) is 37.3 Å². The number of rotatable bonds is 3. The maximum Gasteiger partial charge on any atom is 0.0729 e. The largest absolute Gasteiger partial charge is 0.377 e. The third kappa shape index (κ3) is 3.01. The molecule has 2 heterocycles. The molecule has 0 aromatic carbocycles. The van der Waals surface area contributed by atoms with E-state index in [2.05, 4.69) is 11.1 Å². The molecule has 1 aliphatic heterocycles. The molecule has 3 heteroatoms. The molecule has 15 heavy (non-hydrogen) atoms. The van der Waals surface area contributed by atoms with Crippen LogP contribution in [0, 0.1) is 0 Å². The lowest BCUT2D eigenvalue weighted by atomic mass is 9.98. The number of aromatic nitrogens is 1. The minimum atomic E-state index is 0.106. The van der Waals surface area contributed by atoms with Crippen LogP contribution >= 0.6 is 0 Å². The summed E-state index contributed by atoms with van der Waals surface area (Å²) in [6.07, 6.45) is 8.27. The summed E-state index contributed by atoms with van der Waals surface area (Å²) in [6.45, 7) is 0.866. The number of nitrogens with zero attached hydrogens (tertiary/aromatic N) is 1. The van der Waals surface area contributed by atoms with Gasteiger partial charge in [-0.15, -0.1) is 0 Å². The lowest BCUT2D eigenvalue weighted by molar-refractivity contribution is 0.000624. The smallest absolute Gasteiger partial charge is 0.0729 e. The van der Waals surface area contributed by atoms with E-state index in [9.17, 15) is 0 Å². The Kier molecular flexibility index (Phi) is 3.69. The van der Waals surface area contributed by atoms with Gasteiger partial charge in [0.2, 0.25) is 0 Å². The summed E-state index contributed by atoms with van der Waals surface area (Å²) in [7, 11) is 0. The summed E-state index contributed by atoms with van der Waals surface area (Å²) in [5.41, 5.74) is 7.32. The van der Waals surface area contributed by atoms with Crippen molar-refractivity contribution < 1.29 is 4.74 Å². The van der Waals surface area contributed by atoms with Crippen LogP contribution in [0.1, 0.15) is 24.8 Å². The Morgan fingerprint density at radius 3 is 3.13 bits per heavy atom. The van der Waals surface area contributed by atoms with E-state index in [1.54, 1.807) is 6.20 Å². The Morgan fingerprint density at radius 2 is 2.47 bits per heavy atom. The molecule has 0 aliphatic carbocycles. The van der Waals surface area contributed by atoms with Gasteiger partial charge in [0.05, 0.1) is 6.10 Å². The van der Waals surface area contributed by atoms with Crippen molar-refractivity contribution >= 4 is 0 Å². The Morgan fingerprint density at radius 1 is 1.53 bits per heavy atom. The first-order chi connectivity index (χ1) is 7.36. The number of nitrogens with two attached hydrogens (primary N) is 1. The summed E-state index contributed by atoms with van der Waals surface area (Å²) in [5, 5.41) is 0. The van der Waals surface area contributed by atoms with Crippen LogP contribution in [-0.4, -0.2) is 23.7 Å². The fraction of sp³-hybridized carbons (Fsp3) is 0.583. The number of ether oxygens (including phenoxy) is 1. The summed E-state index contributed by atoms with van der Waals surface area (Å²) >= 11 is 0. The van der Waals surface area contributed by atoms with Gasteiger partial charge in [-0.2, -0.15) is 0 Å². The van der Waals surface area contributed by atoms with Crippen LogP contribution in [0.15, 0.2) is 24.5 Å². The first-order valence-corrected chi connectivity index (χ1v) is 5.62. The van der Waals surface area contributed by atoms with E-state index in [1.807, 2.05) is 12.3 Å². The maximum absolute atomic E-state index is 6.13. The van der Waals surface area contributed by atoms with Crippen molar-refractivity contribution in [1.82, 2.24) is 4.98 Å². The van der Waals surface area contributed by atoms with E-state index >= 15 is 0 Å². The molecule has 0 amide bonds. The first kappa shape index (κ1) is 10.6. The SMILES string of the molecule is NC(Cc1cccnc1)C1CCCCO1. The molecule has 0 saturated carbocycles. The molecule has 82 valence electrons. The normalized spacial score (nSPS) is 23.7. The van der Waals surface area contributed by atoms with Crippen molar-refractivity contribution in [3.05, 3.63) is 30.1 Å². The lowest BCUT2D eigenvalue weighted by Gasteiger charge is -2.27. The fourth-order valence-corrected chi connectivity index (χ4v) is 2.03. The number of hydrogen-bond acceptors (Lipinski definition) is 3. The van der Waals surface area contributed by atoms with E-state index in [0.29, 0.717) is 0 Å². The average molecular weight is 206 g/mol. The molecule has 3 nitrogen and oxygen atoms in total. The lowest BCUT2D eigenvalue weighted by Crippen LogP contribution is -2.40. The monoisotopic (exact) mass is 206 g/mol. The van der Waals surface area contributed by atoms with E-state index in [4.69, 9.17) is 10.5 Å². The molecule has 1 aliphatic rings. The first-order valence-electron chi connectivity index (χ1n) is 5.62. The average Bonchev–Trinajstić information content (AvgIpc) is 2.31. The Bertz CT molecular complexity index is 283. The van der Waals surface area contributed by atoms with Crippen LogP contribution in [0.25, 0.3) is 0 Å². The van der Waals surface area contributed by atoms with Crippen LogP contribution in [0.5, 0.6) is 0 Å². The predicted molar refractivity (Wildman–Crippen MR) is 59.5 cm³/mol. The molecular weight excluding hydrogens is 188 g/mol. The molecular formula is C12H18N2O. The van der Waals surface area contributed by atoms with Gasteiger partial charge in [0.25, 0.3) is 0 Å². The number of pyridine rings is 1. The Balaban J connectivity index is 1.88. The second-order valence-corrected chi connectivity index (χ2v) is 4.13. The van der Waals surface area contributed by atoms with Gasteiger partial charge in [-0.3, -0.25) is 4.98 Å². The highest BCUT2D eigenvalue weighted by Gasteiger charge is 2.21. The molecule has 1 aromatic heterocycles. The number of hydrogen-bond donors (Lipinski definition) is 1. The van der Waals surface area contributed by atoms with Crippen molar-refractivity contribution in [3.8, 4) is 0 Å². The van der Waals surface area contributed by atoms with E-state index in [1.165, 1.54) is 18.4 Å². The topological polar surface area (TPSA) is 48.1 Å². The molecule has 2 N–H and O–H groups in total.